The van der Waals surface area contributed by atoms with E-state index in [9.17, 15) is 10.1 Å². The molecule has 1 aliphatic heterocycles. The van der Waals surface area contributed by atoms with Gasteiger partial charge >= 0.3 is 0 Å². The van der Waals surface area contributed by atoms with Gasteiger partial charge in [0, 0.05) is 45.5 Å². The van der Waals surface area contributed by atoms with Crippen LogP contribution in [0.3, 0.4) is 0 Å². The number of fused-ring (bicyclic) bond motifs is 1. The summed E-state index contributed by atoms with van der Waals surface area (Å²) in [7, 11) is 1.68. The van der Waals surface area contributed by atoms with Crippen LogP contribution in [0.25, 0.3) is 11.3 Å². The molecule has 0 radical (unpaired) electrons. The van der Waals surface area contributed by atoms with Crippen molar-refractivity contribution < 1.29 is 9.53 Å². The van der Waals surface area contributed by atoms with Crippen molar-refractivity contribution in [1.29, 1.82) is 5.26 Å². The Kier molecular flexibility index (Phi) is 7.35. The van der Waals surface area contributed by atoms with Crippen LogP contribution in [0.2, 0.25) is 0 Å². The first-order valence-corrected chi connectivity index (χ1v) is 11.5. The van der Waals surface area contributed by atoms with Gasteiger partial charge in [-0.2, -0.15) is 5.26 Å². The van der Waals surface area contributed by atoms with Crippen LogP contribution in [-0.2, 0) is 22.4 Å². The van der Waals surface area contributed by atoms with Crippen LogP contribution in [0.5, 0.6) is 0 Å². The number of nitriles is 1. The molecule has 0 unspecified atom stereocenters. The number of anilines is 1. The third-order valence-corrected chi connectivity index (χ3v) is 6.32. The minimum absolute atomic E-state index is 0.120. The van der Waals surface area contributed by atoms with Crippen molar-refractivity contribution in [3.63, 3.8) is 0 Å². The van der Waals surface area contributed by atoms with Crippen LogP contribution < -0.4 is 10.2 Å². The van der Waals surface area contributed by atoms with E-state index < -0.39 is 0 Å². The molecule has 7 heteroatoms. The molecule has 0 atom stereocenters. The highest BCUT2D eigenvalue weighted by molar-refractivity contribution is 5.79. The topological polar surface area (TPSA) is 81.5 Å². The van der Waals surface area contributed by atoms with Crippen molar-refractivity contribution in [3.05, 3.63) is 47.0 Å². The smallest absolute Gasteiger partial charge is 0.236 e. The number of carbonyl (C=O) groups excluding carboxylic acids is 1. The minimum Gasteiger partial charge on any atom is -0.385 e. The molecule has 1 aromatic carbocycles. The van der Waals surface area contributed by atoms with Crippen LogP contribution in [-0.4, -0.2) is 68.8 Å². The number of nitrogens with zero attached hydrogens (tertiary/aromatic N) is 4. The number of nitrogens with one attached hydrogen (secondary N) is 1. The highest BCUT2D eigenvalue weighted by Gasteiger charge is 2.29. The summed E-state index contributed by atoms with van der Waals surface area (Å²) in [5, 5.41) is 13.2. The minimum atomic E-state index is 0.120. The van der Waals surface area contributed by atoms with Gasteiger partial charge in [0.2, 0.25) is 5.91 Å². The van der Waals surface area contributed by atoms with Crippen molar-refractivity contribution in [2.45, 2.75) is 25.7 Å². The molecule has 1 aliphatic carbocycles. The first-order valence-electron chi connectivity index (χ1n) is 11.5. The van der Waals surface area contributed by atoms with Gasteiger partial charge in [0.15, 0.2) is 0 Å². The van der Waals surface area contributed by atoms with E-state index in [2.05, 4.69) is 28.4 Å². The van der Waals surface area contributed by atoms with Gasteiger partial charge in [-0.1, -0.05) is 30.3 Å². The molecule has 168 valence electrons. The van der Waals surface area contributed by atoms with E-state index in [0.29, 0.717) is 39.3 Å². The molecule has 32 heavy (non-hydrogen) atoms. The van der Waals surface area contributed by atoms with Crippen LogP contribution in [0.4, 0.5) is 5.82 Å². The quantitative estimate of drug-likeness (QED) is 0.644. The number of amides is 1. The molecular formula is C25H31N5O2. The number of pyridine rings is 1. The number of carbonyl (C=O) groups is 1. The Labute approximate surface area is 190 Å². The summed E-state index contributed by atoms with van der Waals surface area (Å²) >= 11 is 0. The molecular weight excluding hydrogens is 402 g/mol. The molecule has 2 heterocycles. The molecule has 1 fully saturated rings. The number of ether oxygens (including phenoxy) is 1. The number of piperazine rings is 1. The SMILES string of the molecule is COCCCNCC(=O)N1CCN(c2nc(-c3ccccc3)c3c(c2C#N)CCC3)CC1. The molecule has 0 bridgehead atoms. The number of benzene rings is 1. The lowest BCUT2D eigenvalue weighted by molar-refractivity contribution is -0.130. The first kappa shape index (κ1) is 22.3. The molecule has 7 nitrogen and oxygen atoms in total. The zero-order chi connectivity index (χ0) is 22.3. The summed E-state index contributed by atoms with van der Waals surface area (Å²) in [5.41, 5.74) is 5.22. The summed E-state index contributed by atoms with van der Waals surface area (Å²) in [5.74, 6) is 0.895. The van der Waals surface area contributed by atoms with Gasteiger partial charge in [0.05, 0.1) is 17.8 Å². The Morgan fingerprint density at radius 3 is 2.62 bits per heavy atom. The zero-order valence-corrected chi connectivity index (χ0v) is 18.8. The second-order valence-corrected chi connectivity index (χ2v) is 8.34. The molecule has 1 aromatic heterocycles. The molecule has 0 saturated carbocycles. The largest absolute Gasteiger partial charge is 0.385 e. The maximum absolute atomic E-state index is 12.5. The normalized spacial score (nSPS) is 15.5. The monoisotopic (exact) mass is 433 g/mol. The Morgan fingerprint density at radius 2 is 1.91 bits per heavy atom. The lowest BCUT2D eigenvalue weighted by atomic mass is 9.98. The van der Waals surface area contributed by atoms with Gasteiger partial charge in [0.25, 0.3) is 0 Å². The molecule has 1 N–H and O–H groups in total. The number of rotatable bonds is 8. The molecule has 1 amide bonds. The maximum atomic E-state index is 12.5. The average Bonchev–Trinajstić information content (AvgIpc) is 3.33. The first-order chi connectivity index (χ1) is 15.7. The van der Waals surface area contributed by atoms with Crippen molar-refractivity contribution >= 4 is 11.7 Å². The molecule has 1 saturated heterocycles. The third kappa shape index (κ3) is 4.77. The van der Waals surface area contributed by atoms with E-state index in [1.165, 1.54) is 5.56 Å². The number of hydrogen-bond acceptors (Lipinski definition) is 6. The summed E-state index contributed by atoms with van der Waals surface area (Å²) in [4.78, 5) is 21.6. The van der Waals surface area contributed by atoms with E-state index in [4.69, 9.17) is 9.72 Å². The second kappa shape index (κ2) is 10.6. The predicted octanol–water partition coefficient (Wildman–Crippen LogP) is 2.38. The average molecular weight is 434 g/mol. The van der Waals surface area contributed by atoms with Crippen LogP contribution >= 0.6 is 0 Å². The van der Waals surface area contributed by atoms with Crippen LogP contribution in [0.1, 0.15) is 29.5 Å². The number of hydrogen-bond donors (Lipinski definition) is 1. The molecule has 2 aromatic rings. The van der Waals surface area contributed by atoms with Gasteiger partial charge in [-0.25, -0.2) is 4.98 Å². The van der Waals surface area contributed by atoms with Crippen molar-refractivity contribution in [2.75, 3.05) is 57.9 Å². The maximum Gasteiger partial charge on any atom is 0.236 e. The van der Waals surface area contributed by atoms with E-state index in [1.807, 2.05) is 23.1 Å². The van der Waals surface area contributed by atoms with Gasteiger partial charge in [0.1, 0.15) is 11.9 Å². The summed E-state index contributed by atoms with van der Waals surface area (Å²) in [6, 6.07) is 12.7. The Bertz CT molecular complexity index is 978. The Morgan fingerprint density at radius 1 is 1.16 bits per heavy atom. The van der Waals surface area contributed by atoms with Gasteiger partial charge in [-0.15, -0.1) is 0 Å². The Balaban J connectivity index is 1.48. The van der Waals surface area contributed by atoms with E-state index >= 15 is 0 Å². The fraction of sp³-hybridized carbons (Fsp3) is 0.480. The lowest BCUT2D eigenvalue weighted by Crippen LogP contribution is -2.51. The fourth-order valence-electron chi connectivity index (χ4n) is 4.64. The van der Waals surface area contributed by atoms with Gasteiger partial charge < -0.3 is 19.9 Å². The second-order valence-electron chi connectivity index (χ2n) is 8.34. The van der Waals surface area contributed by atoms with Crippen molar-refractivity contribution in [1.82, 2.24) is 15.2 Å². The Hall–Kier alpha value is -2.95. The van der Waals surface area contributed by atoms with Crippen molar-refractivity contribution in [2.24, 2.45) is 0 Å². The van der Waals surface area contributed by atoms with Crippen LogP contribution in [0, 0.1) is 11.3 Å². The summed E-state index contributed by atoms with van der Waals surface area (Å²) in [6.07, 6.45) is 3.86. The number of methoxy groups -OCH3 is 1. The van der Waals surface area contributed by atoms with Gasteiger partial charge in [-0.3, -0.25) is 4.79 Å². The van der Waals surface area contributed by atoms with Gasteiger partial charge in [-0.05, 0) is 43.4 Å². The highest BCUT2D eigenvalue weighted by Crippen LogP contribution is 2.37. The van der Waals surface area contributed by atoms with Crippen molar-refractivity contribution in [3.8, 4) is 17.3 Å². The van der Waals surface area contributed by atoms with E-state index in [-0.39, 0.29) is 5.91 Å². The standard InChI is InChI=1S/C25H31N5O2/c1-32-16-6-11-27-18-23(31)29-12-14-30(15-13-29)25-22(17-26)20-9-5-10-21(20)24(28-25)19-7-3-2-4-8-19/h2-4,7-8,27H,5-6,9-16,18H2,1H3. The molecule has 0 spiro atoms. The molecule has 2 aliphatic rings. The summed E-state index contributed by atoms with van der Waals surface area (Å²) in [6.45, 7) is 4.47. The van der Waals surface area contributed by atoms with E-state index in [1.54, 1.807) is 7.11 Å². The van der Waals surface area contributed by atoms with E-state index in [0.717, 1.165) is 60.4 Å². The summed E-state index contributed by atoms with van der Waals surface area (Å²) < 4.78 is 5.03. The number of aromatic nitrogens is 1. The highest BCUT2D eigenvalue weighted by atomic mass is 16.5. The van der Waals surface area contributed by atoms with Crippen LogP contribution in [0.15, 0.2) is 30.3 Å². The lowest BCUT2D eigenvalue weighted by Gasteiger charge is -2.36. The predicted molar refractivity (Wildman–Crippen MR) is 125 cm³/mol. The molecule has 4 rings (SSSR count). The third-order valence-electron chi connectivity index (χ3n) is 6.32. The zero-order valence-electron chi connectivity index (χ0n) is 18.8. The fourth-order valence-corrected chi connectivity index (χ4v) is 4.64.